The van der Waals surface area contributed by atoms with Crippen molar-refractivity contribution in [3.05, 3.63) is 82.2 Å². The van der Waals surface area contributed by atoms with Gasteiger partial charge in [-0.3, -0.25) is 0 Å². The maximum atomic E-state index is 14.6. The normalized spacial score (nSPS) is 32.7. The number of benzene rings is 2. The fourth-order valence-electron chi connectivity index (χ4n) is 10.9. The van der Waals surface area contributed by atoms with Crippen LogP contribution in [0.5, 0.6) is 0 Å². The van der Waals surface area contributed by atoms with Crippen LogP contribution in [0.4, 0.5) is 9.59 Å². The fourth-order valence-corrected chi connectivity index (χ4v) is 11.6. The van der Waals surface area contributed by atoms with E-state index in [1.54, 1.807) is 102 Å². The van der Waals surface area contributed by atoms with Crippen molar-refractivity contribution in [1.29, 1.82) is 0 Å². The Morgan fingerprint density at radius 1 is 0.663 bits per heavy atom. The summed E-state index contributed by atoms with van der Waals surface area (Å²) in [6.45, 7) is 11.3. The van der Waals surface area contributed by atoms with E-state index in [1.165, 1.54) is 0 Å². The molecule has 2 aromatic rings. The number of nitrogens with zero attached hydrogens (tertiary/aromatic N) is 3. The summed E-state index contributed by atoms with van der Waals surface area (Å²) < 4.78 is 85.2. The Kier molecular flexibility index (Phi) is 28.5. The van der Waals surface area contributed by atoms with Gasteiger partial charge in [0, 0.05) is 32.4 Å². The Bertz CT molecular complexity index is 2800. The number of ether oxygens (including phenoxy) is 14. The Labute approximate surface area is 550 Å². The molecule has 0 radical (unpaired) electrons. The van der Waals surface area contributed by atoms with E-state index in [9.17, 15) is 75.8 Å². The molecular formula is C61H95N5O28Si. The molecule has 536 valence electrons. The Balaban J connectivity index is 1.48. The molecule has 33 nitrogen and oxygen atoms in total. The van der Waals surface area contributed by atoms with E-state index >= 15 is 0 Å². The number of hydrogen-bond donors (Lipinski definition) is 12. The lowest BCUT2D eigenvalue weighted by Gasteiger charge is -2.52. The van der Waals surface area contributed by atoms with E-state index in [1.807, 2.05) is 19.6 Å². The largest absolute Gasteiger partial charge is 0.465 e. The Morgan fingerprint density at radius 3 is 1.61 bits per heavy atom. The van der Waals surface area contributed by atoms with Crippen LogP contribution in [0.3, 0.4) is 0 Å². The number of carbonyl (C=O) groups excluding carboxylic acids is 4. The molecule has 0 bridgehead atoms. The highest BCUT2D eigenvalue weighted by atomic mass is 28.3. The first kappa shape index (κ1) is 78.6. The molecule has 22 atom stereocenters. The first-order chi connectivity index (χ1) is 44.6. The van der Waals surface area contributed by atoms with Crippen molar-refractivity contribution in [2.45, 2.75) is 238 Å². The average Bonchev–Trinajstić information content (AvgIpc) is 0.758. The molecule has 2 amide bonds. The number of esters is 2. The highest BCUT2D eigenvalue weighted by Gasteiger charge is 2.63. The van der Waals surface area contributed by atoms with Crippen LogP contribution >= 0.6 is 0 Å². The summed E-state index contributed by atoms with van der Waals surface area (Å²) in [5, 5.41) is 123. The van der Waals surface area contributed by atoms with E-state index in [2.05, 4.69) is 20.7 Å². The molecule has 4 aliphatic rings. The van der Waals surface area contributed by atoms with Gasteiger partial charge in [0.2, 0.25) is 0 Å². The molecule has 4 saturated heterocycles. The molecule has 2 aromatic carbocycles. The molecule has 0 saturated carbocycles. The Hall–Kier alpha value is -5.35. The molecule has 0 unspecified atom stereocenters. The van der Waals surface area contributed by atoms with Crippen molar-refractivity contribution in [3.8, 4) is 0 Å². The first-order valence-electron chi connectivity index (χ1n) is 31.0. The smallest absolute Gasteiger partial charge is 0.408 e. The number of aliphatic hydroxyl groups excluding tert-OH is 10. The number of azide groups is 1. The zero-order chi connectivity index (χ0) is 70.4. The third-order valence-electron chi connectivity index (χ3n) is 15.7. The molecule has 0 spiro atoms. The van der Waals surface area contributed by atoms with Gasteiger partial charge in [-0.05, 0) is 64.2 Å². The second-order valence-corrected chi connectivity index (χ2v) is 32.3. The number of rotatable bonds is 29. The number of nitrogens with one attached hydrogen (secondary N) is 2. The van der Waals surface area contributed by atoms with Gasteiger partial charge in [-0.15, -0.1) is 0 Å². The molecule has 0 aliphatic carbocycles. The highest BCUT2D eigenvalue weighted by Crippen LogP contribution is 2.42. The fraction of sp³-hybridized carbons (Fsp3) is 0.738. The molecule has 4 heterocycles. The SMILES string of the molecule is COC(=O)[C@@]1(O[C@H]2[C@@H](O)[C@@H](COCc3ccccc3)O[C@@H](O[C@H]3[C@@H](O)[C@@H](CO[C@]4(C(=O)OC)C[C@H](O)[C@@H](NC(=O)OC(C)(C)C)[C@H]([C@H](O)[C@H](O)CO)O4)O[C@@H](OCC[Si](C)(C)C)[C@@H]3N=[N+]=[N-])[C@@H]2OCc2ccccc2)C[C@H](O)[C@@H](NC(=O)OC(C)(C)C)[C@H]([C@H](O)[C@H](O)CO)O1. The van der Waals surface area contributed by atoms with Crippen molar-refractivity contribution in [1.82, 2.24) is 10.6 Å². The lowest BCUT2D eigenvalue weighted by atomic mass is 9.88. The molecule has 95 heavy (non-hydrogen) atoms. The average molecular weight is 1370 g/mol. The molecule has 6 rings (SSSR count). The van der Waals surface area contributed by atoms with Gasteiger partial charge in [0.25, 0.3) is 11.6 Å². The summed E-state index contributed by atoms with van der Waals surface area (Å²) in [5.41, 5.74) is 9.27. The summed E-state index contributed by atoms with van der Waals surface area (Å²) in [6, 6.07) is 12.6. The molecule has 34 heteroatoms. The minimum atomic E-state index is -2.97. The standard InChI is InChI=1S/C61H95N5O28Si/c1-58(2,3)93-56(79)63-40-34(69)24-60(54(77)81-7,90-48(40)43(73)36(71)26-67)86-31-39-45(75)47(42(65-66-62)52(87-39)84-22-23-95(9,10)11)89-53-51(85-29-33-20-16-13-17-21-33)50(46(76)38(88-53)30-83-28-32-18-14-12-15-19-32)92-61(55(78)82-8)25-35(70)41(64-57(80)94-59(4,5)6)49(91-61)44(74)37(72)27-68/h12-21,34-53,67-76H,22-31H2,1-11H3,(H,63,79)(H,64,80)/t34-,35-,36+,37+,38+,39+,40+,41+,42+,43+,44+,45-,46-,47+,48+,49+,50-,51+,52+,53-,60+,61-/m0/s1. The van der Waals surface area contributed by atoms with Crippen molar-refractivity contribution >= 4 is 32.2 Å². The van der Waals surface area contributed by atoms with Crippen LogP contribution < -0.4 is 10.6 Å². The summed E-state index contributed by atoms with van der Waals surface area (Å²) in [4.78, 5) is 58.2. The van der Waals surface area contributed by atoms with Crippen molar-refractivity contribution in [2.24, 2.45) is 5.11 Å². The van der Waals surface area contributed by atoms with E-state index < -0.39 is 217 Å². The number of hydrogen-bond acceptors (Lipinski definition) is 29. The summed E-state index contributed by atoms with van der Waals surface area (Å²) >= 11 is 0. The monoisotopic (exact) mass is 1370 g/mol. The van der Waals surface area contributed by atoms with Gasteiger partial charge in [0.15, 0.2) is 12.6 Å². The summed E-state index contributed by atoms with van der Waals surface area (Å²) in [6.07, 6.45) is -37.4. The van der Waals surface area contributed by atoms with E-state index in [0.717, 1.165) is 14.2 Å². The van der Waals surface area contributed by atoms with Gasteiger partial charge in [-0.1, -0.05) is 85.4 Å². The third-order valence-corrected chi connectivity index (χ3v) is 17.4. The van der Waals surface area contributed by atoms with Crippen LogP contribution in [0, 0.1) is 0 Å². The molecular weight excluding hydrogens is 1280 g/mol. The van der Waals surface area contributed by atoms with E-state index in [4.69, 9.17) is 66.3 Å². The molecule has 4 aliphatic heterocycles. The van der Waals surface area contributed by atoms with Crippen molar-refractivity contribution in [3.63, 3.8) is 0 Å². The first-order valence-corrected chi connectivity index (χ1v) is 34.7. The predicted octanol–water partition coefficient (Wildman–Crippen LogP) is 0.0339. The van der Waals surface area contributed by atoms with Gasteiger partial charge in [0.05, 0.1) is 78.2 Å². The van der Waals surface area contributed by atoms with Gasteiger partial charge < -0.3 is 128 Å². The quantitative estimate of drug-likeness (QED) is 0.0128. The van der Waals surface area contributed by atoms with Crippen LogP contribution in [0.25, 0.3) is 10.4 Å². The second-order valence-electron chi connectivity index (χ2n) is 26.7. The van der Waals surface area contributed by atoms with Crippen LogP contribution in [-0.2, 0) is 89.1 Å². The Morgan fingerprint density at radius 2 is 1.13 bits per heavy atom. The van der Waals surface area contributed by atoms with Crippen molar-refractivity contribution in [2.75, 3.05) is 47.3 Å². The van der Waals surface area contributed by atoms with Crippen LogP contribution in [0.2, 0.25) is 25.7 Å². The third kappa shape index (κ3) is 21.3. The minimum absolute atomic E-state index is 0.0409. The maximum absolute atomic E-state index is 14.6. The zero-order valence-electron chi connectivity index (χ0n) is 55.1. The molecule has 0 aromatic heterocycles. The number of methoxy groups -OCH3 is 2. The van der Waals surface area contributed by atoms with Gasteiger partial charge in [0.1, 0.15) is 96.6 Å². The van der Waals surface area contributed by atoms with Gasteiger partial charge in [-0.25, -0.2) is 19.2 Å². The summed E-state index contributed by atoms with van der Waals surface area (Å²) in [5.74, 6) is -8.53. The predicted molar refractivity (Wildman–Crippen MR) is 328 cm³/mol. The lowest BCUT2D eigenvalue weighted by molar-refractivity contribution is -0.387. The minimum Gasteiger partial charge on any atom is -0.465 e. The lowest BCUT2D eigenvalue weighted by Crippen LogP contribution is -2.71. The maximum Gasteiger partial charge on any atom is 0.408 e. The van der Waals surface area contributed by atoms with Crippen molar-refractivity contribution < 1.29 is 137 Å². The van der Waals surface area contributed by atoms with E-state index in [-0.39, 0.29) is 19.8 Å². The number of alkyl carbamates (subject to hydrolysis) is 2. The number of carbonyl (C=O) groups is 4. The van der Waals surface area contributed by atoms with E-state index in [0.29, 0.717) is 17.2 Å². The molecule has 12 N–H and O–H groups in total. The topological polar surface area (TPSA) is 473 Å². The van der Waals surface area contributed by atoms with Crippen LogP contribution in [0.15, 0.2) is 65.8 Å². The molecule has 4 fully saturated rings. The number of amides is 2. The zero-order valence-corrected chi connectivity index (χ0v) is 56.1. The second kappa shape index (κ2) is 34.4. The van der Waals surface area contributed by atoms with Gasteiger partial charge in [-0.2, -0.15) is 0 Å². The van der Waals surface area contributed by atoms with Crippen LogP contribution in [0.1, 0.15) is 65.5 Å². The van der Waals surface area contributed by atoms with Crippen LogP contribution in [-0.4, -0.2) is 276 Å². The van der Waals surface area contributed by atoms with Gasteiger partial charge >= 0.3 is 24.1 Å². The summed E-state index contributed by atoms with van der Waals surface area (Å²) in [7, 11) is -0.0976. The highest BCUT2D eigenvalue weighted by molar-refractivity contribution is 6.76. The number of aliphatic hydroxyl groups is 10.